The number of anilines is 1. The zero-order valence-corrected chi connectivity index (χ0v) is 19.8. The van der Waals surface area contributed by atoms with E-state index in [1.54, 1.807) is 18.3 Å². The summed E-state index contributed by atoms with van der Waals surface area (Å²) in [6.45, 7) is 3.55. The van der Waals surface area contributed by atoms with Crippen molar-refractivity contribution >= 4 is 28.6 Å². The van der Waals surface area contributed by atoms with Crippen molar-refractivity contribution in [1.29, 1.82) is 0 Å². The fourth-order valence-electron chi connectivity index (χ4n) is 5.17. The Hall–Kier alpha value is -3.46. The van der Waals surface area contributed by atoms with Crippen LogP contribution in [0.2, 0.25) is 0 Å². The van der Waals surface area contributed by atoms with Crippen LogP contribution in [0.4, 0.5) is 5.82 Å². The number of carbonyl (C=O) groups is 2. The van der Waals surface area contributed by atoms with Gasteiger partial charge in [-0.3, -0.25) is 9.89 Å². The number of H-pyrrole nitrogens is 1. The first-order valence-electron chi connectivity index (χ1n) is 12.5. The molecule has 1 amide bonds. The summed E-state index contributed by atoms with van der Waals surface area (Å²) in [4.78, 5) is 31.7. The second kappa shape index (κ2) is 10.4. The maximum absolute atomic E-state index is 12.8. The molecule has 4 N–H and O–H groups in total. The Kier molecular flexibility index (Phi) is 6.94. The number of carboxylic acids is 1. The summed E-state index contributed by atoms with van der Waals surface area (Å²) >= 11 is 0. The molecule has 2 atom stereocenters. The number of aromatic nitrogens is 3. The van der Waals surface area contributed by atoms with E-state index in [1.807, 2.05) is 6.07 Å². The maximum Gasteiger partial charge on any atom is 0.326 e. The summed E-state index contributed by atoms with van der Waals surface area (Å²) in [5.74, 6) is 0.209. The SMILES string of the molecule is O=C(N[C@H](CCN1CC[C@H](CCc2ccc3c(n2)NCCC3)C1)C(=O)O)c1cccc2cn[nH]c12. The molecule has 0 unspecified atom stereocenters. The summed E-state index contributed by atoms with van der Waals surface area (Å²) in [5, 5.41) is 23.4. The number of aryl methyl sites for hydroxylation is 2. The molecule has 1 saturated heterocycles. The summed E-state index contributed by atoms with van der Waals surface area (Å²) in [5.41, 5.74) is 3.46. The third kappa shape index (κ3) is 5.45. The first kappa shape index (κ1) is 23.3. The van der Waals surface area contributed by atoms with Crippen LogP contribution >= 0.6 is 0 Å². The van der Waals surface area contributed by atoms with E-state index in [9.17, 15) is 14.7 Å². The van der Waals surface area contributed by atoms with Crippen LogP contribution in [-0.4, -0.2) is 69.3 Å². The zero-order chi connectivity index (χ0) is 24.2. The van der Waals surface area contributed by atoms with Crippen LogP contribution < -0.4 is 10.6 Å². The van der Waals surface area contributed by atoms with Gasteiger partial charge in [0, 0.05) is 30.7 Å². The molecule has 5 rings (SSSR count). The Morgan fingerprint density at radius 3 is 3.06 bits per heavy atom. The lowest BCUT2D eigenvalue weighted by Gasteiger charge is -2.20. The molecule has 9 heteroatoms. The second-order valence-electron chi connectivity index (χ2n) is 9.63. The molecule has 2 aromatic heterocycles. The molecule has 184 valence electrons. The average molecular weight is 477 g/mol. The minimum absolute atomic E-state index is 0.366. The van der Waals surface area contributed by atoms with E-state index in [0.717, 1.165) is 62.2 Å². The number of fused-ring (bicyclic) bond motifs is 2. The number of para-hydroxylation sites is 1. The number of likely N-dealkylation sites (tertiary alicyclic amines) is 1. The average Bonchev–Trinajstić information content (AvgIpc) is 3.54. The number of rotatable bonds is 9. The molecule has 4 heterocycles. The lowest BCUT2D eigenvalue weighted by Crippen LogP contribution is -2.43. The van der Waals surface area contributed by atoms with E-state index >= 15 is 0 Å². The molecule has 1 aromatic carbocycles. The van der Waals surface area contributed by atoms with Crippen LogP contribution in [0.3, 0.4) is 0 Å². The number of hydrogen-bond acceptors (Lipinski definition) is 6. The number of nitrogens with one attached hydrogen (secondary N) is 3. The topological polar surface area (TPSA) is 123 Å². The molecule has 0 spiro atoms. The Morgan fingerprint density at radius 2 is 2.17 bits per heavy atom. The summed E-state index contributed by atoms with van der Waals surface area (Å²) in [7, 11) is 0. The Balaban J connectivity index is 1.10. The number of benzene rings is 1. The molecule has 0 aliphatic carbocycles. The Morgan fingerprint density at radius 1 is 1.26 bits per heavy atom. The number of aromatic amines is 1. The van der Waals surface area contributed by atoms with Gasteiger partial charge in [-0.25, -0.2) is 9.78 Å². The third-order valence-electron chi connectivity index (χ3n) is 7.19. The van der Waals surface area contributed by atoms with E-state index in [4.69, 9.17) is 4.98 Å². The van der Waals surface area contributed by atoms with Gasteiger partial charge in [0.05, 0.1) is 17.3 Å². The van der Waals surface area contributed by atoms with Gasteiger partial charge in [-0.1, -0.05) is 18.2 Å². The standard InChI is InChI=1S/C26H32N6O3/c33-25(21-5-1-3-19-15-28-31-23(19)21)30-22(26(34)35)11-14-32-13-10-17(16-32)6-8-20-9-7-18-4-2-12-27-24(18)29-20/h1,3,5,7,9,15,17,22H,2,4,6,8,10-14,16H2,(H,27,29)(H,28,31)(H,30,33)(H,34,35)/t17-,22+/m0/s1. The van der Waals surface area contributed by atoms with Gasteiger partial charge < -0.3 is 20.6 Å². The van der Waals surface area contributed by atoms with E-state index in [1.165, 1.54) is 12.0 Å². The first-order chi connectivity index (χ1) is 17.1. The molecule has 2 aliphatic rings. The van der Waals surface area contributed by atoms with Crippen LogP contribution in [0.15, 0.2) is 36.5 Å². The van der Waals surface area contributed by atoms with Crippen molar-refractivity contribution in [3.63, 3.8) is 0 Å². The monoisotopic (exact) mass is 476 g/mol. The molecule has 3 aromatic rings. The van der Waals surface area contributed by atoms with E-state index in [-0.39, 0.29) is 0 Å². The summed E-state index contributed by atoms with van der Waals surface area (Å²) < 4.78 is 0. The fraction of sp³-hybridized carbons (Fsp3) is 0.462. The van der Waals surface area contributed by atoms with Gasteiger partial charge in [0.2, 0.25) is 0 Å². The predicted octanol–water partition coefficient (Wildman–Crippen LogP) is 2.84. The molecular formula is C26H32N6O3. The second-order valence-corrected chi connectivity index (χ2v) is 9.63. The lowest BCUT2D eigenvalue weighted by molar-refractivity contribution is -0.139. The molecular weight excluding hydrogens is 444 g/mol. The van der Waals surface area contributed by atoms with Crippen molar-refractivity contribution in [1.82, 2.24) is 25.4 Å². The predicted molar refractivity (Wildman–Crippen MR) is 134 cm³/mol. The number of carbonyl (C=O) groups excluding carboxylic acids is 1. The summed E-state index contributed by atoms with van der Waals surface area (Å²) in [6, 6.07) is 8.72. The number of amides is 1. The molecule has 35 heavy (non-hydrogen) atoms. The number of hydrogen-bond donors (Lipinski definition) is 4. The van der Waals surface area contributed by atoms with Crippen molar-refractivity contribution in [3.05, 3.63) is 53.3 Å². The van der Waals surface area contributed by atoms with Crippen molar-refractivity contribution in [2.24, 2.45) is 5.92 Å². The van der Waals surface area contributed by atoms with Crippen molar-refractivity contribution in [2.45, 2.75) is 44.6 Å². The third-order valence-corrected chi connectivity index (χ3v) is 7.19. The Bertz CT molecular complexity index is 1210. The maximum atomic E-state index is 12.8. The molecule has 0 saturated carbocycles. The van der Waals surface area contributed by atoms with Crippen LogP contribution in [0, 0.1) is 5.92 Å². The minimum atomic E-state index is -1.02. The molecule has 9 nitrogen and oxygen atoms in total. The van der Waals surface area contributed by atoms with Crippen molar-refractivity contribution in [3.8, 4) is 0 Å². The summed E-state index contributed by atoms with van der Waals surface area (Å²) in [6.07, 6.45) is 7.42. The highest BCUT2D eigenvalue weighted by molar-refractivity contribution is 6.06. The van der Waals surface area contributed by atoms with Crippen LogP contribution in [0.25, 0.3) is 10.9 Å². The molecule has 0 bridgehead atoms. The van der Waals surface area contributed by atoms with Crippen LogP contribution in [0.5, 0.6) is 0 Å². The minimum Gasteiger partial charge on any atom is -0.480 e. The number of pyridine rings is 1. The van der Waals surface area contributed by atoms with Gasteiger partial charge in [-0.2, -0.15) is 5.10 Å². The molecule has 0 radical (unpaired) electrons. The largest absolute Gasteiger partial charge is 0.480 e. The van der Waals surface area contributed by atoms with Crippen LogP contribution in [0.1, 0.15) is 47.3 Å². The van der Waals surface area contributed by atoms with Gasteiger partial charge in [0.25, 0.3) is 5.91 Å². The number of nitrogens with zero attached hydrogens (tertiary/aromatic N) is 3. The molecule has 2 aliphatic heterocycles. The highest BCUT2D eigenvalue weighted by Gasteiger charge is 2.26. The first-order valence-corrected chi connectivity index (χ1v) is 12.5. The van der Waals surface area contributed by atoms with Crippen molar-refractivity contribution in [2.75, 3.05) is 31.5 Å². The number of aliphatic carboxylic acids is 1. The number of carboxylic acid groups (broad SMARTS) is 1. The highest BCUT2D eigenvalue weighted by atomic mass is 16.4. The van der Waals surface area contributed by atoms with Gasteiger partial charge in [-0.15, -0.1) is 0 Å². The quantitative estimate of drug-likeness (QED) is 0.374. The lowest BCUT2D eigenvalue weighted by atomic mass is 10.00. The Labute approximate surface area is 204 Å². The van der Waals surface area contributed by atoms with E-state index < -0.39 is 17.9 Å². The zero-order valence-electron chi connectivity index (χ0n) is 19.8. The van der Waals surface area contributed by atoms with Crippen molar-refractivity contribution < 1.29 is 14.7 Å². The normalized spacial score (nSPS) is 18.7. The van der Waals surface area contributed by atoms with Crippen LogP contribution in [-0.2, 0) is 17.6 Å². The highest BCUT2D eigenvalue weighted by Crippen LogP contribution is 2.24. The van der Waals surface area contributed by atoms with Gasteiger partial charge in [0.1, 0.15) is 11.9 Å². The molecule has 1 fully saturated rings. The van der Waals surface area contributed by atoms with Gasteiger partial charge >= 0.3 is 5.97 Å². The van der Waals surface area contributed by atoms with E-state index in [0.29, 0.717) is 30.0 Å². The van der Waals surface area contributed by atoms with E-state index in [2.05, 4.69) is 37.9 Å². The fourth-order valence-corrected chi connectivity index (χ4v) is 5.17. The smallest absolute Gasteiger partial charge is 0.326 e. The van der Waals surface area contributed by atoms with Gasteiger partial charge in [-0.05, 0) is 68.7 Å². The van der Waals surface area contributed by atoms with Gasteiger partial charge in [0.15, 0.2) is 0 Å².